The highest BCUT2D eigenvalue weighted by Gasteiger charge is 2.41. The third-order valence-electron chi connectivity index (χ3n) is 20.3. The standard InChI is InChI=1S/C85H103ClN16O15.C2HF3O2/c1-48(2)37-64(76(108)93-63(20-11-12-35-89-49(3)4)84(116)102-36-14-21-72(102)83(115)90-50(5)74(87)106)94-80(112)68(43-55-23-29-58-17-8-10-19-60(58)39-55)96-79(111)67(41-53-26-32-62(33-27-53)92-75(107)70-45-73(105)101-85(117)100-70)98-82(114)71(47-103)99-81(113)69(44-56-15-13-34-88-46-56)97-78(110)66(40-52-24-30-61(86)31-25-52)95-77(109)65(91-51(6)104)42-54-22-28-57-16-7-9-18-59(57)38-54;3-2(4,5)1(6)7/h7-10,13,15-19,22-34,38-39,46,48-50,63-72,89,103H,11-12,14,20-21,35-37,40-45,47H2,1-6H3,(H2,87,106)(H,90,115)(H,91,104)(H,92,107)(H,93,108)(H,94,112)(H,95,109)(H,96,111)(H,97,110)(H,98,114)(H,99,113)(H2,100,101,105,117);(H,6,7)/t50-,63+,64+,65-,66-,67+,68-,69-,70+,71+,72+;/m1./s1. The number of unbranched alkanes of at least 4 members (excludes halogenated alkanes) is 1. The molecule has 2 aliphatic heterocycles. The van der Waals surface area contributed by atoms with Crippen LogP contribution in [0.4, 0.5) is 23.7 Å². The summed E-state index contributed by atoms with van der Waals surface area (Å²) in [5, 5.41) is 59.0. The van der Waals surface area contributed by atoms with Gasteiger partial charge in [-0.05, 0) is 138 Å². The zero-order valence-electron chi connectivity index (χ0n) is 69.2. The predicted octanol–water partition coefficient (Wildman–Crippen LogP) is 1.76. The summed E-state index contributed by atoms with van der Waals surface area (Å²) in [6.45, 7) is 10.0. The summed E-state index contributed by atoms with van der Waals surface area (Å²) in [6.07, 6.45) is -1.65. The number of benzene rings is 6. The number of amides is 15. The number of halogens is 4. The molecule has 662 valence electrons. The molecule has 3 heterocycles. The molecule has 2 fully saturated rings. The first kappa shape index (κ1) is 96.7. The van der Waals surface area contributed by atoms with E-state index in [0.29, 0.717) is 65.1 Å². The molecule has 15 amide bonds. The number of carboxylic acid groups (broad SMARTS) is 1. The molecule has 37 heteroatoms. The minimum Gasteiger partial charge on any atom is -0.542 e. The van der Waals surface area contributed by atoms with E-state index in [1.807, 2.05) is 107 Å². The summed E-state index contributed by atoms with van der Waals surface area (Å²) < 4.78 is 31.5. The fraction of sp³-hybridized carbons (Fsp3) is 0.402. The highest BCUT2D eigenvalue weighted by atomic mass is 35.5. The second kappa shape index (κ2) is 46.4. The Labute approximate surface area is 718 Å². The van der Waals surface area contributed by atoms with Crippen molar-refractivity contribution in [2.45, 2.75) is 197 Å². The van der Waals surface area contributed by atoms with Crippen LogP contribution in [0.5, 0.6) is 0 Å². The molecule has 1 aromatic heterocycles. The Morgan fingerprint density at radius 2 is 1.01 bits per heavy atom. The van der Waals surface area contributed by atoms with Crippen molar-refractivity contribution in [1.82, 2.24) is 73.7 Å². The van der Waals surface area contributed by atoms with Gasteiger partial charge in [0.2, 0.25) is 70.9 Å². The van der Waals surface area contributed by atoms with Crippen LogP contribution in [0.25, 0.3) is 21.5 Å². The third-order valence-corrected chi connectivity index (χ3v) is 20.6. The number of hydrogen-bond acceptors (Lipinski definition) is 19. The fourth-order valence-corrected chi connectivity index (χ4v) is 14.0. The average molecular weight is 1740 g/mol. The van der Waals surface area contributed by atoms with Gasteiger partial charge in [0, 0.05) is 74.7 Å². The first-order valence-corrected chi connectivity index (χ1v) is 40.9. The Morgan fingerprint density at radius 1 is 0.556 bits per heavy atom. The van der Waals surface area contributed by atoms with Crippen molar-refractivity contribution >= 4 is 128 Å². The molecule has 0 aliphatic carbocycles. The molecule has 0 radical (unpaired) electrons. The van der Waals surface area contributed by atoms with Crippen LogP contribution in [0.3, 0.4) is 0 Å². The number of nitrogens with zero attached hydrogens (tertiary/aromatic N) is 2. The lowest BCUT2D eigenvalue weighted by Gasteiger charge is -2.31. The molecule has 11 atom stereocenters. The van der Waals surface area contributed by atoms with E-state index in [0.717, 1.165) is 21.5 Å². The Kier molecular flexibility index (Phi) is 36.2. The van der Waals surface area contributed by atoms with Crippen LogP contribution in [-0.4, -0.2) is 202 Å². The van der Waals surface area contributed by atoms with Crippen LogP contribution in [0.1, 0.15) is 114 Å². The van der Waals surface area contributed by atoms with Crippen molar-refractivity contribution in [3.05, 3.63) is 191 Å². The van der Waals surface area contributed by atoms with E-state index in [1.54, 1.807) is 42.5 Å². The molecule has 9 rings (SSSR count). The molecule has 0 bridgehead atoms. The van der Waals surface area contributed by atoms with Crippen molar-refractivity contribution < 1.29 is 101 Å². The highest BCUT2D eigenvalue weighted by molar-refractivity contribution is 6.30. The van der Waals surface area contributed by atoms with Gasteiger partial charge < -0.3 is 83.7 Å². The van der Waals surface area contributed by atoms with E-state index in [2.05, 4.69) is 79.8 Å². The topological polar surface area (TPSA) is 499 Å². The summed E-state index contributed by atoms with van der Waals surface area (Å²) in [6, 6.07) is 25.9. The van der Waals surface area contributed by atoms with Gasteiger partial charge in [0.15, 0.2) is 0 Å². The monoisotopic (exact) mass is 1740 g/mol. The molecule has 2 aliphatic rings. The van der Waals surface area contributed by atoms with Crippen LogP contribution in [0, 0.1) is 5.92 Å². The van der Waals surface area contributed by atoms with E-state index in [4.69, 9.17) is 21.5 Å². The van der Waals surface area contributed by atoms with Gasteiger partial charge in [0.1, 0.15) is 72.4 Å². The number of alkyl halides is 3. The first-order chi connectivity index (χ1) is 58.9. The maximum atomic E-state index is 15.6. The van der Waals surface area contributed by atoms with E-state index in [1.165, 1.54) is 55.4 Å². The Morgan fingerprint density at radius 3 is 1.48 bits per heavy atom. The number of fused-ring (bicyclic) bond motifs is 2. The number of quaternary nitrogens is 1. The summed E-state index contributed by atoms with van der Waals surface area (Å²) in [7, 11) is 0. The van der Waals surface area contributed by atoms with Crippen LogP contribution in [0.15, 0.2) is 158 Å². The van der Waals surface area contributed by atoms with Gasteiger partial charge in [-0.2, -0.15) is 13.2 Å². The largest absolute Gasteiger partial charge is 0.542 e. The van der Waals surface area contributed by atoms with E-state index in [9.17, 15) is 56.6 Å². The summed E-state index contributed by atoms with van der Waals surface area (Å²) in [5.74, 6) is -13.2. The van der Waals surface area contributed by atoms with Gasteiger partial charge in [-0.1, -0.05) is 155 Å². The van der Waals surface area contributed by atoms with Crippen molar-refractivity contribution in [2.75, 3.05) is 25.0 Å². The minimum absolute atomic E-state index is 0.0171. The summed E-state index contributed by atoms with van der Waals surface area (Å²) in [5.41, 5.74) is 6.13. The lowest BCUT2D eigenvalue weighted by Crippen LogP contribution is -2.66. The van der Waals surface area contributed by atoms with Gasteiger partial charge in [-0.15, -0.1) is 0 Å². The molecule has 6 aromatic carbocycles. The van der Waals surface area contributed by atoms with Crippen molar-refractivity contribution in [2.24, 2.45) is 5.92 Å². The zero-order chi connectivity index (χ0) is 90.5. The number of hydrogen-bond donors (Lipinski definition) is 15. The molecule has 0 spiro atoms. The highest BCUT2D eigenvalue weighted by Crippen LogP contribution is 2.24. The number of urea groups is 1. The number of likely N-dealkylation sites (tertiary alicyclic amines) is 1. The number of carboxylic acids is 1. The van der Waals surface area contributed by atoms with E-state index in [-0.39, 0.29) is 75.6 Å². The number of aliphatic hydroxyl groups excluding tert-OH is 1. The number of aliphatic hydroxyl groups is 1. The quantitative estimate of drug-likeness (QED) is 0.0243. The minimum atomic E-state index is -5.19. The SMILES string of the molecule is CC(=O)N[C@H](Cc1ccc2ccccc2c1)C(=O)N[C@H](Cc1ccc(Cl)cc1)C(=O)N[C@H](Cc1cccnc1)C(=O)N[C@@H](CO)C(=O)N[C@@H](Cc1ccc(NC(=O)[C@@H]2CC(=O)NC(=O)N2)cc1)C(=O)N[C@H](Cc1ccc2ccccc2c1)C(=O)N[C@@H](CC(C)C)C(=O)N[C@@H](CCCCNC(C)C)C(=O)N1CCC[C@H]1C(=O)N[C@H](C)C([NH3+])=O.O=C([O-])C(F)(F)F. The number of nitrogens with one attached hydrogen (secondary N) is 13. The van der Waals surface area contributed by atoms with Gasteiger partial charge in [-0.25, -0.2) is 9.59 Å². The normalized spacial score (nSPS) is 16.0. The van der Waals surface area contributed by atoms with Crippen LogP contribution >= 0.6 is 11.6 Å². The molecular weight excluding hydrogens is 1630 g/mol. The average Bonchev–Trinajstić information content (AvgIpc) is 1.50. The molecule has 0 saturated carbocycles. The number of carbonyl (C=O) groups excluding carboxylic acids is 15. The Balaban J connectivity index is 0.00000261. The van der Waals surface area contributed by atoms with Gasteiger partial charge >= 0.3 is 18.1 Å². The number of rotatable bonds is 40. The van der Waals surface area contributed by atoms with Crippen molar-refractivity contribution in [1.29, 1.82) is 0 Å². The van der Waals surface area contributed by atoms with E-state index >= 15 is 28.8 Å². The van der Waals surface area contributed by atoms with Gasteiger partial charge in [-0.3, -0.25) is 73.6 Å². The molecule has 0 unspecified atom stereocenters. The molecule has 33 nitrogen and oxygen atoms in total. The number of imide groups is 1. The Bertz CT molecular complexity index is 4960. The molecular formula is C87H104ClF3N16O17. The van der Waals surface area contributed by atoms with E-state index < -0.39 is 168 Å². The first-order valence-electron chi connectivity index (χ1n) is 40.5. The number of aliphatic carboxylic acids is 1. The van der Waals surface area contributed by atoms with Crippen LogP contribution in [0.2, 0.25) is 5.02 Å². The number of pyridine rings is 1. The summed E-state index contributed by atoms with van der Waals surface area (Å²) >= 11 is 6.28. The maximum absolute atomic E-state index is 15.6. The van der Waals surface area contributed by atoms with Crippen molar-refractivity contribution in [3.8, 4) is 0 Å². The van der Waals surface area contributed by atoms with Crippen molar-refractivity contribution in [3.63, 3.8) is 0 Å². The van der Waals surface area contributed by atoms with Crippen LogP contribution < -0.4 is 80.0 Å². The number of anilines is 1. The second-order valence-electron chi connectivity index (χ2n) is 31.1. The second-order valence-corrected chi connectivity index (χ2v) is 31.5. The molecule has 124 heavy (non-hydrogen) atoms. The smallest absolute Gasteiger partial charge is 0.430 e. The lowest BCUT2D eigenvalue weighted by molar-refractivity contribution is -0.344. The maximum Gasteiger partial charge on any atom is 0.430 e. The van der Waals surface area contributed by atoms with Crippen LogP contribution in [-0.2, 0) is 99.2 Å². The fourth-order valence-electron chi connectivity index (χ4n) is 13.9. The van der Waals surface area contributed by atoms with Gasteiger partial charge in [0.05, 0.1) is 13.0 Å². The zero-order valence-corrected chi connectivity index (χ0v) is 70.0. The lowest BCUT2D eigenvalue weighted by atomic mass is 9.98. The number of carbonyl (C=O) groups is 15. The summed E-state index contributed by atoms with van der Waals surface area (Å²) in [4.78, 5) is 211. The number of aromatic nitrogens is 1. The van der Waals surface area contributed by atoms with Gasteiger partial charge in [0.25, 0.3) is 0 Å². The predicted molar refractivity (Wildman–Crippen MR) is 448 cm³/mol. The molecule has 7 aromatic rings. The Hall–Kier alpha value is -12.8. The third kappa shape index (κ3) is 30.4. The molecule has 17 N–H and O–H groups in total. The molecule has 2 saturated heterocycles.